The number of benzene rings is 1. The van der Waals surface area contributed by atoms with Gasteiger partial charge in [0.05, 0.1) is 6.61 Å². The van der Waals surface area contributed by atoms with Crippen molar-refractivity contribution >= 4 is 0 Å². The number of ether oxygens (including phenoxy) is 1. The summed E-state index contributed by atoms with van der Waals surface area (Å²) in [7, 11) is 0. The van der Waals surface area contributed by atoms with Crippen molar-refractivity contribution in [3.63, 3.8) is 0 Å². The van der Waals surface area contributed by atoms with Crippen LogP contribution in [-0.2, 0) is 5.54 Å². The molecule has 1 saturated carbocycles. The summed E-state index contributed by atoms with van der Waals surface area (Å²) in [4.78, 5) is 0. The highest BCUT2D eigenvalue weighted by atomic mass is 16.5. The summed E-state index contributed by atoms with van der Waals surface area (Å²) in [6.45, 7) is 3.95. The Morgan fingerprint density at radius 2 is 2.16 bits per heavy atom. The molecule has 2 nitrogen and oxygen atoms in total. The van der Waals surface area contributed by atoms with Crippen molar-refractivity contribution in [2.75, 3.05) is 13.2 Å². The molecule has 0 bridgehead atoms. The van der Waals surface area contributed by atoms with Gasteiger partial charge >= 0.3 is 0 Å². The zero-order valence-corrected chi connectivity index (χ0v) is 12.0. The van der Waals surface area contributed by atoms with Crippen molar-refractivity contribution < 1.29 is 4.74 Å². The quantitative estimate of drug-likeness (QED) is 0.886. The van der Waals surface area contributed by atoms with Crippen molar-refractivity contribution in [2.45, 2.75) is 51.0 Å². The fraction of sp³-hybridized carbons (Fsp3) is 0.647. The Morgan fingerprint density at radius 3 is 2.95 bits per heavy atom. The standard InChI is InChI=1S/C17H25NO/c1-2-19-16-8-6-7-15(13-16)17(14-9-10-14)11-4-3-5-12-18-17/h6-8,13-14,18H,2-5,9-12H2,1H3. The van der Waals surface area contributed by atoms with Crippen LogP contribution in [0.15, 0.2) is 24.3 Å². The van der Waals surface area contributed by atoms with E-state index in [0.29, 0.717) is 0 Å². The van der Waals surface area contributed by atoms with E-state index in [4.69, 9.17) is 4.74 Å². The number of rotatable bonds is 4. The zero-order valence-electron chi connectivity index (χ0n) is 12.0. The van der Waals surface area contributed by atoms with Crippen molar-refractivity contribution in [3.05, 3.63) is 29.8 Å². The Hall–Kier alpha value is -1.02. The molecule has 1 aromatic carbocycles. The third-order valence-electron chi connectivity index (χ3n) is 4.62. The van der Waals surface area contributed by atoms with Gasteiger partial charge in [-0.25, -0.2) is 0 Å². The molecule has 1 aromatic rings. The molecular formula is C17H25NO. The van der Waals surface area contributed by atoms with Crippen LogP contribution in [0.5, 0.6) is 5.75 Å². The molecule has 0 radical (unpaired) electrons. The molecule has 1 unspecified atom stereocenters. The molecule has 19 heavy (non-hydrogen) atoms. The third kappa shape index (κ3) is 2.64. The monoisotopic (exact) mass is 259 g/mol. The second-order valence-corrected chi connectivity index (χ2v) is 5.94. The lowest BCUT2D eigenvalue weighted by molar-refractivity contribution is 0.276. The molecular weight excluding hydrogens is 234 g/mol. The molecule has 0 aromatic heterocycles. The predicted octanol–water partition coefficient (Wildman–Crippen LogP) is 3.85. The molecule has 2 heteroatoms. The van der Waals surface area contributed by atoms with Gasteiger partial charge in [0.25, 0.3) is 0 Å². The van der Waals surface area contributed by atoms with Crippen LogP contribution < -0.4 is 10.1 Å². The highest BCUT2D eigenvalue weighted by Gasteiger charge is 2.46. The predicted molar refractivity (Wildman–Crippen MR) is 78.5 cm³/mol. The van der Waals surface area contributed by atoms with Crippen LogP contribution in [0.1, 0.15) is 51.0 Å². The lowest BCUT2D eigenvalue weighted by atomic mass is 9.81. The molecule has 1 atom stereocenters. The van der Waals surface area contributed by atoms with Crippen molar-refractivity contribution in [2.24, 2.45) is 5.92 Å². The smallest absolute Gasteiger partial charge is 0.119 e. The fourth-order valence-electron chi connectivity index (χ4n) is 3.54. The highest BCUT2D eigenvalue weighted by Crippen LogP contribution is 2.49. The fourth-order valence-corrected chi connectivity index (χ4v) is 3.54. The van der Waals surface area contributed by atoms with Crippen LogP contribution in [0.2, 0.25) is 0 Å². The largest absolute Gasteiger partial charge is 0.494 e. The van der Waals surface area contributed by atoms with E-state index in [9.17, 15) is 0 Å². The molecule has 2 fully saturated rings. The van der Waals surface area contributed by atoms with E-state index < -0.39 is 0 Å². The molecule has 1 aliphatic heterocycles. The average Bonchev–Trinajstić information content (AvgIpc) is 3.26. The maximum Gasteiger partial charge on any atom is 0.119 e. The van der Waals surface area contributed by atoms with Crippen LogP contribution in [-0.4, -0.2) is 13.2 Å². The molecule has 3 rings (SSSR count). The highest BCUT2D eigenvalue weighted by molar-refractivity contribution is 5.35. The van der Waals surface area contributed by atoms with Gasteiger partial charge in [-0.3, -0.25) is 0 Å². The minimum atomic E-state index is 0.226. The lowest BCUT2D eigenvalue weighted by Crippen LogP contribution is -2.43. The molecule has 1 saturated heterocycles. The summed E-state index contributed by atoms with van der Waals surface area (Å²) in [5.41, 5.74) is 1.67. The summed E-state index contributed by atoms with van der Waals surface area (Å²) in [6.07, 6.45) is 8.08. The van der Waals surface area contributed by atoms with E-state index in [-0.39, 0.29) is 5.54 Å². The summed E-state index contributed by atoms with van der Waals surface area (Å²) in [5, 5.41) is 3.89. The first-order chi connectivity index (χ1) is 9.35. The second kappa shape index (κ2) is 5.54. The SMILES string of the molecule is CCOc1cccc(C2(C3CC3)CCCCCN2)c1. The van der Waals surface area contributed by atoms with Crippen molar-refractivity contribution in [1.82, 2.24) is 5.32 Å². The molecule has 104 valence electrons. The van der Waals surface area contributed by atoms with Gasteiger partial charge in [0, 0.05) is 5.54 Å². The normalized spacial score (nSPS) is 27.8. The first-order valence-electron chi connectivity index (χ1n) is 7.83. The minimum Gasteiger partial charge on any atom is -0.494 e. The van der Waals surface area contributed by atoms with Gasteiger partial charge in [-0.05, 0) is 62.8 Å². The number of nitrogens with one attached hydrogen (secondary N) is 1. The van der Waals surface area contributed by atoms with Crippen LogP contribution in [0.25, 0.3) is 0 Å². The third-order valence-corrected chi connectivity index (χ3v) is 4.62. The Kier molecular flexibility index (Phi) is 3.79. The maximum atomic E-state index is 5.69. The first-order valence-corrected chi connectivity index (χ1v) is 7.83. The molecule has 1 heterocycles. The topological polar surface area (TPSA) is 21.3 Å². The Balaban J connectivity index is 1.92. The second-order valence-electron chi connectivity index (χ2n) is 5.94. The van der Waals surface area contributed by atoms with E-state index in [1.54, 1.807) is 0 Å². The zero-order chi connectivity index (χ0) is 13.1. The van der Waals surface area contributed by atoms with E-state index in [1.165, 1.54) is 44.1 Å². The first kappa shape index (κ1) is 13.0. The molecule has 0 spiro atoms. The average molecular weight is 259 g/mol. The Bertz CT molecular complexity index is 417. The van der Waals surface area contributed by atoms with Gasteiger partial charge in [-0.2, -0.15) is 0 Å². The van der Waals surface area contributed by atoms with Gasteiger partial charge in [0.2, 0.25) is 0 Å². The van der Waals surface area contributed by atoms with Crippen molar-refractivity contribution in [3.8, 4) is 5.75 Å². The van der Waals surface area contributed by atoms with E-state index in [1.807, 2.05) is 6.92 Å². The van der Waals surface area contributed by atoms with Crippen LogP contribution in [0.3, 0.4) is 0 Å². The van der Waals surface area contributed by atoms with Gasteiger partial charge in [0.1, 0.15) is 5.75 Å². The van der Waals surface area contributed by atoms with Gasteiger partial charge in [0.15, 0.2) is 0 Å². The molecule has 2 aliphatic rings. The van der Waals surface area contributed by atoms with Gasteiger partial charge < -0.3 is 10.1 Å². The van der Waals surface area contributed by atoms with E-state index in [2.05, 4.69) is 29.6 Å². The van der Waals surface area contributed by atoms with E-state index >= 15 is 0 Å². The summed E-state index contributed by atoms with van der Waals surface area (Å²) < 4.78 is 5.69. The number of hydrogen-bond acceptors (Lipinski definition) is 2. The molecule has 0 amide bonds. The Morgan fingerprint density at radius 1 is 1.26 bits per heavy atom. The maximum absolute atomic E-state index is 5.69. The minimum absolute atomic E-state index is 0.226. The van der Waals surface area contributed by atoms with Gasteiger partial charge in [-0.1, -0.05) is 25.0 Å². The van der Waals surface area contributed by atoms with Crippen molar-refractivity contribution in [1.29, 1.82) is 0 Å². The molecule has 1 aliphatic carbocycles. The van der Waals surface area contributed by atoms with Gasteiger partial charge in [-0.15, -0.1) is 0 Å². The van der Waals surface area contributed by atoms with Crippen LogP contribution >= 0.6 is 0 Å². The summed E-state index contributed by atoms with van der Waals surface area (Å²) in [6, 6.07) is 8.78. The summed E-state index contributed by atoms with van der Waals surface area (Å²) in [5.74, 6) is 1.86. The van der Waals surface area contributed by atoms with E-state index in [0.717, 1.165) is 24.8 Å². The summed E-state index contributed by atoms with van der Waals surface area (Å²) >= 11 is 0. The van der Waals surface area contributed by atoms with Crippen LogP contribution in [0, 0.1) is 5.92 Å². The lowest BCUT2D eigenvalue weighted by Gasteiger charge is -2.35. The Labute approximate surface area is 116 Å². The van der Waals surface area contributed by atoms with Crippen LogP contribution in [0.4, 0.5) is 0 Å². The number of hydrogen-bond donors (Lipinski definition) is 1. The molecule has 1 N–H and O–H groups in total.